The fourth-order valence-electron chi connectivity index (χ4n) is 4.27. The Morgan fingerprint density at radius 3 is 2.71 bits per heavy atom. The Bertz CT molecular complexity index is 1350. The first kappa shape index (κ1) is 22.1. The molecule has 1 fully saturated rings. The molecule has 0 aliphatic heterocycles. The van der Waals surface area contributed by atoms with Crippen LogP contribution in [0.1, 0.15) is 36.0 Å². The van der Waals surface area contributed by atoms with E-state index in [0.29, 0.717) is 22.9 Å². The molecule has 1 aliphatic carbocycles. The van der Waals surface area contributed by atoms with E-state index >= 15 is 0 Å². The first-order valence-electron chi connectivity index (χ1n) is 10.8. The number of nitrogens with one attached hydrogen (secondary N) is 3. The maximum absolute atomic E-state index is 14.6. The van der Waals surface area contributed by atoms with Crippen LogP contribution in [0.2, 0.25) is 5.02 Å². The van der Waals surface area contributed by atoms with Crippen molar-refractivity contribution in [3.8, 4) is 11.4 Å². The van der Waals surface area contributed by atoms with Crippen LogP contribution in [-0.2, 0) is 0 Å². The second-order valence-electron chi connectivity index (χ2n) is 8.21. The summed E-state index contributed by atoms with van der Waals surface area (Å²) in [5.41, 5.74) is 1.18. The van der Waals surface area contributed by atoms with Crippen molar-refractivity contribution in [2.24, 2.45) is 0 Å². The molecule has 1 aromatic carbocycles. The van der Waals surface area contributed by atoms with E-state index in [9.17, 15) is 13.6 Å². The topological polar surface area (TPSA) is 108 Å². The fourth-order valence-corrected chi connectivity index (χ4v) is 4.47. The maximum Gasteiger partial charge on any atom is 0.254 e. The zero-order chi connectivity index (χ0) is 23.7. The van der Waals surface area contributed by atoms with Gasteiger partial charge in [0.1, 0.15) is 12.1 Å². The van der Waals surface area contributed by atoms with E-state index in [1.165, 1.54) is 24.8 Å². The highest BCUT2D eigenvalue weighted by atomic mass is 35.5. The monoisotopic (exact) mass is 483 g/mol. The van der Waals surface area contributed by atoms with E-state index in [1.807, 2.05) is 0 Å². The van der Waals surface area contributed by atoms with Crippen molar-refractivity contribution in [1.29, 1.82) is 0 Å². The molecule has 0 unspecified atom stereocenters. The van der Waals surface area contributed by atoms with Gasteiger partial charge in [0, 0.05) is 46.6 Å². The fraction of sp³-hybridized carbons (Fsp3) is 0.261. The standard InChI is InChI=1S/C23H20ClF2N7O/c24-13-4-16-17(9-29-20(16)18(25)5-13)21-30-10-19(26)22(33-21)31-14-2-1-3-15(6-14)32-23(34)12-7-27-11-28-8-12/h4-5,7-11,14-15,29H,1-3,6H2,(H,32,34)(H,30,31,33)/t14-,15+/m0/s1. The molecule has 174 valence electrons. The average molecular weight is 484 g/mol. The Hall–Kier alpha value is -3.66. The van der Waals surface area contributed by atoms with Gasteiger partial charge in [-0.15, -0.1) is 0 Å². The summed E-state index contributed by atoms with van der Waals surface area (Å²) in [5, 5.41) is 6.89. The van der Waals surface area contributed by atoms with Gasteiger partial charge in [-0.3, -0.25) is 4.79 Å². The van der Waals surface area contributed by atoms with Gasteiger partial charge >= 0.3 is 0 Å². The highest BCUT2D eigenvalue weighted by molar-refractivity contribution is 6.31. The number of nitrogens with zero attached hydrogens (tertiary/aromatic N) is 4. The summed E-state index contributed by atoms with van der Waals surface area (Å²) < 4.78 is 28.8. The van der Waals surface area contributed by atoms with Gasteiger partial charge in [0.2, 0.25) is 0 Å². The molecule has 1 aliphatic rings. The molecule has 0 radical (unpaired) electrons. The van der Waals surface area contributed by atoms with Crippen molar-refractivity contribution >= 4 is 34.2 Å². The van der Waals surface area contributed by atoms with E-state index in [0.717, 1.165) is 25.5 Å². The SMILES string of the molecule is O=C(N[C@@H]1CCC[C@H](Nc2nc(-c3c[nH]c4c(F)cc(Cl)cc34)ncc2F)C1)c1cncnc1. The lowest BCUT2D eigenvalue weighted by atomic mass is 9.90. The summed E-state index contributed by atoms with van der Waals surface area (Å²) in [6.45, 7) is 0. The Labute approximate surface area is 198 Å². The molecule has 3 heterocycles. The van der Waals surface area contributed by atoms with Crippen molar-refractivity contribution in [3.63, 3.8) is 0 Å². The molecule has 34 heavy (non-hydrogen) atoms. The predicted molar refractivity (Wildman–Crippen MR) is 123 cm³/mol. The number of benzene rings is 1. The molecule has 8 nitrogen and oxygen atoms in total. The predicted octanol–water partition coefficient (Wildman–Crippen LogP) is 4.50. The van der Waals surface area contributed by atoms with Crippen LogP contribution in [0.4, 0.5) is 14.6 Å². The third kappa shape index (κ3) is 4.54. The third-order valence-electron chi connectivity index (χ3n) is 5.86. The van der Waals surface area contributed by atoms with E-state index < -0.39 is 11.6 Å². The number of aromatic nitrogens is 5. The highest BCUT2D eigenvalue weighted by Gasteiger charge is 2.25. The van der Waals surface area contributed by atoms with Gasteiger partial charge in [-0.2, -0.15) is 0 Å². The van der Waals surface area contributed by atoms with Gasteiger partial charge in [0.25, 0.3) is 5.91 Å². The Balaban J connectivity index is 1.33. The number of amides is 1. The van der Waals surface area contributed by atoms with Crippen molar-refractivity contribution in [1.82, 2.24) is 30.2 Å². The molecule has 1 amide bonds. The molecular weight excluding hydrogens is 464 g/mol. The summed E-state index contributed by atoms with van der Waals surface area (Å²) >= 11 is 6.01. The van der Waals surface area contributed by atoms with E-state index in [2.05, 4.69) is 35.6 Å². The van der Waals surface area contributed by atoms with Crippen LogP contribution < -0.4 is 10.6 Å². The molecule has 5 rings (SSSR count). The Kier molecular flexibility index (Phi) is 6.06. The first-order chi connectivity index (χ1) is 16.5. The van der Waals surface area contributed by atoms with Crippen molar-refractivity contribution in [3.05, 3.63) is 65.5 Å². The van der Waals surface area contributed by atoms with Gasteiger partial charge in [0.05, 0.1) is 17.3 Å². The van der Waals surface area contributed by atoms with Crippen molar-refractivity contribution < 1.29 is 13.6 Å². The number of hydrogen-bond acceptors (Lipinski definition) is 6. The van der Waals surface area contributed by atoms with Crippen molar-refractivity contribution in [2.45, 2.75) is 37.8 Å². The van der Waals surface area contributed by atoms with Gasteiger partial charge < -0.3 is 15.6 Å². The van der Waals surface area contributed by atoms with Gasteiger partial charge in [-0.25, -0.2) is 28.7 Å². The Morgan fingerprint density at radius 1 is 1.09 bits per heavy atom. The second-order valence-corrected chi connectivity index (χ2v) is 8.64. The number of carbonyl (C=O) groups excluding carboxylic acids is 1. The van der Waals surface area contributed by atoms with Crippen LogP contribution in [0, 0.1) is 11.6 Å². The second kappa shape index (κ2) is 9.30. The number of H-pyrrole nitrogens is 1. The van der Waals surface area contributed by atoms with Crippen LogP contribution in [0.15, 0.2) is 43.2 Å². The lowest BCUT2D eigenvalue weighted by Crippen LogP contribution is -2.42. The van der Waals surface area contributed by atoms with Gasteiger partial charge in [0.15, 0.2) is 17.5 Å². The van der Waals surface area contributed by atoms with E-state index in [-0.39, 0.29) is 40.2 Å². The average Bonchev–Trinajstić information content (AvgIpc) is 3.25. The molecule has 3 N–H and O–H groups in total. The molecule has 2 atom stereocenters. The smallest absolute Gasteiger partial charge is 0.254 e. The number of aromatic amines is 1. The molecule has 4 aromatic rings. The minimum absolute atomic E-state index is 0.0512. The lowest BCUT2D eigenvalue weighted by Gasteiger charge is -2.30. The third-order valence-corrected chi connectivity index (χ3v) is 6.08. The van der Waals surface area contributed by atoms with Crippen molar-refractivity contribution in [2.75, 3.05) is 5.32 Å². The zero-order valence-electron chi connectivity index (χ0n) is 17.9. The lowest BCUT2D eigenvalue weighted by molar-refractivity contribution is 0.0925. The van der Waals surface area contributed by atoms with Gasteiger partial charge in [-0.1, -0.05) is 11.6 Å². The van der Waals surface area contributed by atoms with Crippen LogP contribution >= 0.6 is 11.6 Å². The molecule has 1 saturated carbocycles. The van der Waals surface area contributed by atoms with Gasteiger partial charge in [-0.05, 0) is 37.8 Å². The number of rotatable bonds is 5. The summed E-state index contributed by atoms with van der Waals surface area (Å²) in [5.74, 6) is -1.05. The summed E-state index contributed by atoms with van der Waals surface area (Å²) in [4.78, 5) is 31.5. The Morgan fingerprint density at radius 2 is 1.88 bits per heavy atom. The summed E-state index contributed by atoms with van der Waals surface area (Å²) in [7, 11) is 0. The number of anilines is 1. The van der Waals surface area contributed by atoms with E-state index in [1.54, 1.807) is 12.3 Å². The number of fused-ring (bicyclic) bond motifs is 1. The van der Waals surface area contributed by atoms with Crippen LogP contribution in [0.5, 0.6) is 0 Å². The molecule has 0 spiro atoms. The number of carbonyl (C=O) groups is 1. The maximum atomic E-state index is 14.6. The van der Waals surface area contributed by atoms with Crippen LogP contribution in [0.3, 0.4) is 0 Å². The number of halogens is 3. The molecule has 0 saturated heterocycles. The minimum atomic E-state index is -0.597. The van der Waals surface area contributed by atoms with Crippen LogP contribution in [0.25, 0.3) is 22.3 Å². The molecule has 3 aromatic heterocycles. The first-order valence-corrected chi connectivity index (χ1v) is 11.2. The van der Waals surface area contributed by atoms with E-state index in [4.69, 9.17) is 11.6 Å². The summed E-state index contributed by atoms with van der Waals surface area (Å²) in [6.07, 6.45) is 10.0. The largest absolute Gasteiger partial charge is 0.365 e. The number of hydrogen-bond donors (Lipinski definition) is 3. The summed E-state index contributed by atoms with van der Waals surface area (Å²) in [6, 6.07) is 2.64. The minimum Gasteiger partial charge on any atom is -0.365 e. The highest BCUT2D eigenvalue weighted by Crippen LogP contribution is 2.31. The zero-order valence-corrected chi connectivity index (χ0v) is 18.6. The normalized spacial score (nSPS) is 18.1. The molecule has 11 heteroatoms. The quantitative estimate of drug-likeness (QED) is 0.385. The molecular formula is C23H20ClF2N7O. The van der Waals surface area contributed by atoms with Crippen LogP contribution in [-0.4, -0.2) is 42.9 Å². The molecule has 0 bridgehead atoms.